The minimum atomic E-state index is 0.0776. The van der Waals surface area contributed by atoms with Crippen molar-refractivity contribution >= 4 is 21.8 Å². The zero-order valence-electron chi connectivity index (χ0n) is 13.6. The van der Waals surface area contributed by atoms with E-state index >= 15 is 0 Å². The molecular weight excluding hydrogens is 366 g/mol. The molecule has 126 valence electrons. The van der Waals surface area contributed by atoms with Gasteiger partial charge in [-0.25, -0.2) is 0 Å². The Morgan fingerprint density at radius 3 is 2.92 bits per heavy atom. The van der Waals surface area contributed by atoms with Crippen molar-refractivity contribution in [2.45, 2.75) is 31.8 Å². The molecule has 1 fully saturated rings. The lowest BCUT2D eigenvalue weighted by atomic mass is 10.0. The van der Waals surface area contributed by atoms with Crippen LogP contribution in [0, 0.1) is 0 Å². The summed E-state index contributed by atoms with van der Waals surface area (Å²) in [7, 11) is 0. The second-order valence-electron chi connectivity index (χ2n) is 6.10. The molecule has 0 radical (unpaired) electrons. The van der Waals surface area contributed by atoms with Crippen molar-refractivity contribution < 1.29 is 4.79 Å². The first-order valence-electron chi connectivity index (χ1n) is 8.41. The van der Waals surface area contributed by atoms with E-state index in [1.807, 2.05) is 47.4 Å². The van der Waals surface area contributed by atoms with Crippen LogP contribution >= 0.6 is 15.9 Å². The van der Waals surface area contributed by atoms with Gasteiger partial charge in [0.1, 0.15) is 0 Å². The maximum absolute atomic E-state index is 13.2. The Labute approximate surface area is 151 Å². The summed E-state index contributed by atoms with van der Waals surface area (Å²) in [5.74, 6) is 0.0776. The fourth-order valence-electron chi connectivity index (χ4n) is 3.13. The lowest BCUT2D eigenvalue weighted by Gasteiger charge is -2.31. The largest absolute Gasteiger partial charge is 0.330 e. The van der Waals surface area contributed by atoms with E-state index in [1.54, 1.807) is 6.20 Å². The molecule has 0 saturated carbocycles. The Kier molecular flexibility index (Phi) is 5.99. The zero-order valence-corrected chi connectivity index (χ0v) is 15.2. The number of rotatable bonds is 4. The third kappa shape index (κ3) is 4.42. The van der Waals surface area contributed by atoms with E-state index in [1.165, 1.54) is 0 Å². The first kappa shape index (κ1) is 17.1. The topological polar surface area (TPSA) is 45.2 Å². The summed E-state index contributed by atoms with van der Waals surface area (Å²) in [6.07, 6.45) is 4.88. The molecule has 1 aromatic heterocycles. The quantitative estimate of drug-likeness (QED) is 0.870. The Balaban J connectivity index is 1.86. The number of hydrogen-bond acceptors (Lipinski definition) is 3. The molecule has 1 aromatic carbocycles. The van der Waals surface area contributed by atoms with Crippen molar-refractivity contribution in [3.8, 4) is 0 Å². The van der Waals surface area contributed by atoms with Gasteiger partial charge in [0, 0.05) is 22.3 Å². The predicted molar refractivity (Wildman–Crippen MR) is 98.8 cm³/mol. The van der Waals surface area contributed by atoms with Gasteiger partial charge in [-0.05, 0) is 62.7 Å². The molecule has 1 N–H and O–H groups in total. The van der Waals surface area contributed by atoms with Crippen molar-refractivity contribution in [1.29, 1.82) is 0 Å². The van der Waals surface area contributed by atoms with Crippen LogP contribution in [-0.2, 0) is 6.54 Å². The standard InChI is InChI=1S/C19H22BrN3O/c20-16-6-3-5-15(13-16)19(24)23(14-17-7-1-2-11-22-17)18-8-4-10-21-12-9-18/h1-3,5-7,11,13,18,21H,4,8-10,12,14H2. The second kappa shape index (κ2) is 8.40. The summed E-state index contributed by atoms with van der Waals surface area (Å²) >= 11 is 3.46. The number of aromatic nitrogens is 1. The average molecular weight is 388 g/mol. The molecule has 1 atom stereocenters. The molecule has 1 aliphatic rings. The van der Waals surface area contributed by atoms with E-state index in [4.69, 9.17) is 0 Å². The van der Waals surface area contributed by atoms with Gasteiger partial charge in [-0.2, -0.15) is 0 Å². The van der Waals surface area contributed by atoms with Gasteiger partial charge in [-0.15, -0.1) is 0 Å². The van der Waals surface area contributed by atoms with E-state index < -0.39 is 0 Å². The van der Waals surface area contributed by atoms with Gasteiger partial charge >= 0.3 is 0 Å². The number of amides is 1. The van der Waals surface area contributed by atoms with E-state index in [9.17, 15) is 4.79 Å². The highest BCUT2D eigenvalue weighted by Gasteiger charge is 2.26. The number of nitrogens with one attached hydrogen (secondary N) is 1. The minimum Gasteiger partial charge on any atom is -0.330 e. The maximum atomic E-state index is 13.2. The number of carbonyl (C=O) groups is 1. The fraction of sp³-hybridized carbons (Fsp3) is 0.368. The molecule has 4 nitrogen and oxygen atoms in total. The van der Waals surface area contributed by atoms with Crippen LogP contribution in [0.5, 0.6) is 0 Å². The molecule has 3 rings (SSSR count). The summed E-state index contributed by atoms with van der Waals surface area (Å²) in [6.45, 7) is 2.53. The first-order chi connectivity index (χ1) is 11.7. The van der Waals surface area contributed by atoms with Crippen LogP contribution in [-0.4, -0.2) is 34.9 Å². The van der Waals surface area contributed by atoms with E-state index in [0.29, 0.717) is 6.54 Å². The lowest BCUT2D eigenvalue weighted by molar-refractivity contribution is 0.0642. The van der Waals surface area contributed by atoms with Crippen LogP contribution < -0.4 is 5.32 Å². The SMILES string of the molecule is O=C(c1cccc(Br)c1)N(Cc1ccccn1)C1CCCNCC1. The van der Waals surface area contributed by atoms with E-state index in [2.05, 4.69) is 26.2 Å². The van der Waals surface area contributed by atoms with Gasteiger partial charge in [0.05, 0.1) is 12.2 Å². The van der Waals surface area contributed by atoms with Crippen molar-refractivity contribution in [1.82, 2.24) is 15.2 Å². The third-order valence-corrected chi connectivity index (χ3v) is 4.87. The van der Waals surface area contributed by atoms with Crippen LogP contribution in [0.25, 0.3) is 0 Å². The molecule has 24 heavy (non-hydrogen) atoms. The molecular formula is C19H22BrN3O. The molecule has 1 unspecified atom stereocenters. The Morgan fingerprint density at radius 1 is 1.21 bits per heavy atom. The fourth-order valence-corrected chi connectivity index (χ4v) is 3.53. The molecule has 1 aliphatic heterocycles. The summed E-state index contributed by atoms with van der Waals surface area (Å²) in [6, 6.07) is 13.7. The molecule has 2 heterocycles. The molecule has 0 aliphatic carbocycles. The number of benzene rings is 1. The summed E-state index contributed by atoms with van der Waals surface area (Å²) in [4.78, 5) is 19.6. The van der Waals surface area contributed by atoms with Gasteiger partial charge in [0.25, 0.3) is 5.91 Å². The monoisotopic (exact) mass is 387 g/mol. The van der Waals surface area contributed by atoms with Crippen molar-refractivity contribution in [2.24, 2.45) is 0 Å². The molecule has 0 spiro atoms. The summed E-state index contributed by atoms with van der Waals surface area (Å²) in [5, 5.41) is 3.42. The number of nitrogens with zero attached hydrogens (tertiary/aromatic N) is 2. The highest BCUT2D eigenvalue weighted by molar-refractivity contribution is 9.10. The Morgan fingerprint density at radius 2 is 2.12 bits per heavy atom. The highest BCUT2D eigenvalue weighted by Crippen LogP contribution is 2.21. The van der Waals surface area contributed by atoms with Crippen LogP contribution in [0.3, 0.4) is 0 Å². The molecule has 2 aromatic rings. The lowest BCUT2D eigenvalue weighted by Crippen LogP contribution is -2.40. The maximum Gasteiger partial charge on any atom is 0.254 e. The van der Waals surface area contributed by atoms with Gasteiger partial charge in [-0.3, -0.25) is 9.78 Å². The van der Waals surface area contributed by atoms with E-state index in [0.717, 1.165) is 48.1 Å². The Bertz CT molecular complexity index is 669. The molecule has 1 amide bonds. The summed E-state index contributed by atoms with van der Waals surface area (Å²) in [5.41, 5.74) is 1.65. The number of pyridine rings is 1. The van der Waals surface area contributed by atoms with Crippen molar-refractivity contribution in [3.63, 3.8) is 0 Å². The number of carbonyl (C=O) groups excluding carboxylic acids is 1. The first-order valence-corrected chi connectivity index (χ1v) is 9.20. The van der Waals surface area contributed by atoms with Gasteiger partial charge < -0.3 is 10.2 Å². The molecule has 1 saturated heterocycles. The second-order valence-corrected chi connectivity index (χ2v) is 7.01. The van der Waals surface area contributed by atoms with Gasteiger partial charge in [-0.1, -0.05) is 28.1 Å². The van der Waals surface area contributed by atoms with E-state index in [-0.39, 0.29) is 11.9 Å². The molecule has 5 heteroatoms. The average Bonchev–Trinajstić information content (AvgIpc) is 2.89. The highest BCUT2D eigenvalue weighted by atomic mass is 79.9. The smallest absolute Gasteiger partial charge is 0.254 e. The Hall–Kier alpha value is -1.72. The van der Waals surface area contributed by atoms with Gasteiger partial charge in [0.15, 0.2) is 0 Å². The number of hydrogen-bond donors (Lipinski definition) is 1. The van der Waals surface area contributed by atoms with Crippen LogP contribution in [0.1, 0.15) is 35.3 Å². The predicted octanol–water partition coefficient (Wildman–Crippen LogP) is 3.63. The number of halogens is 1. The zero-order chi connectivity index (χ0) is 16.8. The minimum absolute atomic E-state index is 0.0776. The third-order valence-electron chi connectivity index (χ3n) is 4.38. The van der Waals surface area contributed by atoms with Crippen molar-refractivity contribution in [2.75, 3.05) is 13.1 Å². The summed E-state index contributed by atoms with van der Waals surface area (Å²) < 4.78 is 0.925. The molecule has 0 bridgehead atoms. The normalized spacial score (nSPS) is 18.0. The van der Waals surface area contributed by atoms with Crippen LogP contribution in [0.4, 0.5) is 0 Å². The van der Waals surface area contributed by atoms with Crippen LogP contribution in [0.2, 0.25) is 0 Å². The van der Waals surface area contributed by atoms with Crippen molar-refractivity contribution in [3.05, 3.63) is 64.4 Å². The van der Waals surface area contributed by atoms with Crippen LogP contribution in [0.15, 0.2) is 53.1 Å². The van der Waals surface area contributed by atoms with Gasteiger partial charge in [0.2, 0.25) is 0 Å².